The van der Waals surface area contributed by atoms with Crippen LogP contribution in [0.1, 0.15) is 5.56 Å². The number of nitrogens with zero attached hydrogens (tertiary/aromatic N) is 1. The monoisotopic (exact) mass is 453 g/mol. The fourth-order valence-electron chi connectivity index (χ4n) is 3.29. The average Bonchev–Trinajstić information content (AvgIpc) is 2.74. The molecule has 0 saturated heterocycles. The SMILES string of the molecule is Cc1ccc(-c2ccc(N(c3cc(Cl)ccc3O)c3cc(Cl)ccc3Cl)cc2)cc1. The van der Waals surface area contributed by atoms with Crippen molar-refractivity contribution in [1.82, 2.24) is 0 Å². The second kappa shape index (κ2) is 8.61. The van der Waals surface area contributed by atoms with E-state index in [1.54, 1.807) is 36.4 Å². The number of hydrogen-bond acceptors (Lipinski definition) is 2. The van der Waals surface area contributed by atoms with Gasteiger partial charge < -0.3 is 10.0 Å². The molecule has 4 aromatic rings. The maximum Gasteiger partial charge on any atom is 0.139 e. The average molecular weight is 455 g/mol. The van der Waals surface area contributed by atoms with Gasteiger partial charge in [-0.3, -0.25) is 0 Å². The minimum atomic E-state index is 0.0815. The van der Waals surface area contributed by atoms with Gasteiger partial charge in [0.05, 0.1) is 16.4 Å². The van der Waals surface area contributed by atoms with Crippen molar-refractivity contribution in [3.63, 3.8) is 0 Å². The molecule has 0 aliphatic rings. The predicted molar refractivity (Wildman–Crippen MR) is 128 cm³/mol. The van der Waals surface area contributed by atoms with Crippen molar-refractivity contribution in [3.8, 4) is 16.9 Å². The van der Waals surface area contributed by atoms with E-state index in [2.05, 4.69) is 31.2 Å². The van der Waals surface area contributed by atoms with Crippen LogP contribution in [-0.4, -0.2) is 5.11 Å². The summed E-state index contributed by atoms with van der Waals surface area (Å²) in [7, 11) is 0. The minimum Gasteiger partial charge on any atom is -0.506 e. The molecule has 0 spiro atoms. The molecular weight excluding hydrogens is 437 g/mol. The number of phenolic OH excluding ortho intramolecular Hbond substituents is 1. The topological polar surface area (TPSA) is 23.5 Å². The molecule has 0 radical (unpaired) electrons. The van der Waals surface area contributed by atoms with Crippen LogP contribution in [0.15, 0.2) is 84.9 Å². The van der Waals surface area contributed by atoms with E-state index in [0.717, 1.165) is 16.8 Å². The zero-order chi connectivity index (χ0) is 21.3. The maximum absolute atomic E-state index is 10.6. The number of anilines is 3. The highest BCUT2D eigenvalue weighted by Crippen LogP contribution is 2.44. The van der Waals surface area contributed by atoms with Crippen molar-refractivity contribution in [2.75, 3.05) is 4.90 Å². The Morgan fingerprint density at radius 1 is 0.633 bits per heavy atom. The van der Waals surface area contributed by atoms with E-state index in [9.17, 15) is 5.11 Å². The van der Waals surface area contributed by atoms with Crippen LogP contribution in [-0.2, 0) is 0 Å². The fraction of sp³-hybridized carbons (Fsp3) is 0.0400. The summed E-state index contributed by atoms with van der Waals surface area (Å²) >= 11 is 19.0. The third-order valence-electron chi connectivity index (χ3n) is 4.84. The van der Waals surface area contributed by atoms with Crippen molar-refractivity contribution < 1.29 is 5.11 Å². The summed E-state index contributed by atoms with van der Waals surface area (Å²) in [4.78, 5) is 1.84. The minimum absolute atomic E-state index is 0.0815. The number of halogens is 3. The van der Waals surface area contributed by atoms with Crippen molar-refractivity contribution in [2.24, 2.45) is 0 Å². The lowest BCUT2D eigenvalue weighted by molar-refractivity contribution is 0.476. The van der Waals surface area contributed by atoms with Crippen LogP contribution in [0.5, 0.6) is 5.75 Å². The summed E-state index contributed by atoms with van der Waals surface area (Å²) in [6.07, 6.45) is 0. The van der Waals surface area contributed by atoms with Crippen LogP contribution in [0.25, 0.3) is 11.1 Å². The first kappa shape index (κ1) is 20.6. The molecule has 4 aromatic carbocycles. The van der Waals surface area contributed by atoms with E-state index >= 15 is 0 Å². The zero-order valence-electron chi connectivity index (χ0n) is 16.1. The van der Waals surface area contributed by atoms with Crippen LogP contribution in [0.2, 0.25) is 15.1 Å². The van der Waals surface area contributed by atoms with Crippen LogP contribution >= 0.6 is 34.8 Å². The second-order valence-corrected chi connectivity index (χ2v) is 8.26. The Bertz CT molecular complexity index is 1140. The Labute approximate surface area is 190 Å². The number of benzene rings is 4. The van der Waals surface area contributed by atoms with Gasteiger partial charge in [-0.05, 0) is 66.6 Å². The molecule has 30 heavy (non-hydrogen) atoms. The van der Waals surface area contributed by atoms with Crippen LogP contribution in [0, 0.1) is 6.92 Å². The third-order valence-corrected chi connectivity index (χ3v) is 5.63. The van der Waals surface area contributed by atoms with Crippen LogP contribution in [0.3, 0.4) is 0 Å². The Balaban J connectivity index is 1.85. The lowest BCUT2D eigenvalue weighted by Crippen LogP contribution is -2.11. The number of phenols is 1. The molecule has 0 unspecified atom stereocenters. The van der Waals surface area contributed by atoms with Gasteiger partial charge in [0.15, 0.2) is 0 Å². The zero-order valence-corrected chi connectivity index (χ0v) is 18.4. The maximum atomic E-state index is 10.6. The Kier molecular flexibility index (Phi) is 5.92. The van der Waals surface area contributed by atoms with E-state index in [1.807, 2.05) is 29.2 Å². The Morgan fingerprint density at radius 3 is 1.80 bits per heavy atom. The van der Waals surface area contributed by atoms with Gasteiger partial charge in [-0.15, -0.1) is 0 Å². The van der Waals surface area contributed by atoms with Crippen molar-refractivity contribution in [3.05, 3.63) is 106 Å². The molecule has 0 aliphatic heterocycles. The molecule has 0 amide bonds. The number of aromatic hydroxyl groups is 1. The van der Waals surface area contributed by atoms with Gasteiger partial charge in [-0.1, -0.05) is 76.8 Å². The van der Waals surface area contributed by atoms with Crippen molar-refractivity contribution in [2.45, 2.75) is 6.92 Å². The summed E-state index contributed by atoms with van der Waals surface area (Å²) < 4.78 is 0. The molecule has 5 heteroatoms. The first-order chi connectivity index (χ1) is 14.4. The van der Waals surface area contributed by atoms with Gasteiger partial charge in [0.2, 0.25) is 0 Å². The number of rotatable bonds is 4. The fourth-order valence-corrected chi connectivity index (χ4v) is 3.82. The Morgan fingerprint density at radius 2 is 1.17 bits per heavy atom. The molecule has 0 aliphatic carbocycles. The standard InChI is InChI=1S/C25H18Cl3NO/c1-16-2-4-17(5-3-16)18-6-10-21(11-7-18)29(23-14-19(26)8-12-22(23)28)24-15-20(27)9-13-25(24)30/h2-15,30H,1H3. The smallest absolute Gasteiger partial charge is 0.139 e. The number of aryl methyl sites for hydroxylation is 1. The molecule has 0 saturated carbocycles. The van der Waals surface area contributed by atoms with E-state index in [4.69, 9.17) is 34.8 Å². The summed E-state index contributed by atoms with van der Waals surface area (Å²) in [5.74, 6) is 0.0815. The predicted octanol–water partition coefficient (Wildman–Crippen LogP) is 8.80. The molecule has 0 atom stereocenters. The highest BCUT2D eigenvalue weighted by atomic mass is 35.5. The van der Waals surface area contributed by atoms with Crippen LogP contribution in [0.4, 0.5) is 17.1 Å². The first-order valence-electron chi connectivity index (χ1n) is 9.33. The second-order valence-electron chi connectivity index (χ2n) is 6.98. The molecule has 0 fully saturated rings. The summed E-state index contributed by atoms with van der Waals surface area (Å²) in [5, 5.41) is 12.1. The van der Waals surface area contributed by atoms with Gasteiger partial charge in [-0.2, -0.15) is 0 Å². The normalized spacial score (nSPS) is 10.8. The van der Waals surface area contributed by atoms with Crippen LogP contribution < -0.4 is 4.90 Å². The van der Waals surface area contributed by atoms with Gasteiger partial charge in [0, 0.05) is 15.7 Å². The van der Waals surface area contributed by atoms with E-state index in [0.29, 0.717) is 26.4 Å². The highest BCUT2D eigenvalue weighted by molar-refractivity contribution is 6.35. The Hall–Kier alpha value is -2.65. The molecule has 1 N–H and O–H groups in total. The van der Waals surface area contributed by atoms with E-state index in [-0.39, 0.29) is 5.75 Å². The largest absolute Gasteiger partial charge is 0.506 e. The first-order valence-corrected chi connectivity index (χ1v) is 10.5. The quantitative estimate of drug-likeness (QED) is 0.333. The van der Waals surface area contributed by atoms with Crippen molar-refractivity contribution in [1.29, 1.82) is 0 Å². The van der Waals surface area contributed by atoms with Gasteiger partial charge in [-0.25, -0.2) is 0 Å². The van der Waals surface area contributed by atoms with E-state index in [1.165, 1.54) is 5.56 Å². The summed E-state index contributed by atoms with van der Waals surface area (Å²) in [6, 6.07) is 26.5. The molecule has 0 aromatic heterocycles. The van der Waals surface area contributed by atoms with Gasteiger partial charge in [0.25, 0.3) is 0 Å². The lowest BCUT2D eigenvalue weighted by atomic mass is 10.0. The third kappa shape index (κ3) is 4.27. The molecular formula is C25H18Cl3NO. The molecule has 0 bridgehead atoms. The van der Waals surface area contributed by atoms with Gasteiger partial charge >= 0.3 is 0 Å². The van der Waals surface area contributed by atoms with Crippen molar-refractivity contribution >= 4 is 51.9 Å². The number of hydrogen-bond donors (Lipinski definition) is 1. The molecule has 2 nitrogen and oxygen atoms in total. The van der Waals surface area contributed by atoms with E-state index < -0.39 is 0 Å². The highest BCUT2D eigenvalue weighted by Gasteiger charge is 2.19. The summed E-state index contributed by atoms with van der Waals surface area (Å²) in [5.41, 5.74) is 5.40. The summed E-state index contributed by atoms with van der Waals surface area (Å²) in [6.45, 7) is 2.07. The lowest BCUT2D eigenvalue weighted by Gasteiger charge is -2.27. The van der Waals surface area contributed by atoms with Gasteiger partial charge in [0.1, 0.15) is 5.75 Å². The molecule has 0 heterocycles. The molecule has 4 rings (SSSR count). The molecule has 150 valence electrons.